The second kappa shape index (κ2) is 7.83. The first kappa shape index (κ1) is 22.9. The SMILES string of the molecule is NC(=O)C1=C(O)[C@@]2(O)C(=O)C3=C(O)c4c(O)cc(CN5CCCC5)c(Cl)c4C[C@H]3C[C@H]2CC1=O. The number of likely N-dealkylation sites (tertiary alicyclic amines) is 1. The zero-order valence-corrected chi connectivity index (χ0v) is 19.1. The molecule has 0 unspecified atom stereocenters. The van der Waals surface area contributed by atoms with E-state index in [2.05, 4.69) is 4.90 Å². The molecule has 0 bridgehead atoms. The third-order valence-corrected chi connectivity index (χ3v) is 8.14. The number of aliphatic hydroxyl groups excluding tert-OH is 2. The Labute approximate surface area is 200 Å². The molecule has 2 fully saturated rings. The monoisotopic (exact) mass is 488 g/mol. The highest BCUT2D eigenvalue weighted by Crippen LogP contribution is 2.53. The second-order valence-electron chi connectivity index (χ2n) is 9.61. The molecular formula is C24H25ClN2O7. The number of nitrogens with two attached hydrogens (primary N) is 1. The Balaban J connectivity index is 1.62. The van der Waals surface area contributed by atoms with Gasteiger partial charge in [-0.1, -0.05) is 11.6 Å². The molecular weight excluding hydrogens is 464 g/mol. The van der Waals surface area contributed by atoms with Gasteiger partial charge in [0, 0.05) is 29.5 Å². The van der Waals surface area contributed by atoms with Crippen LogP contribution in [0.1, 0.15) is 42.4 Å². The number of carbonyl (C=O) groups excluding carboxylic acids is 3. The number of ketones is 2. The number of rotatable bonds is 3. The van der Waals surface area contributed by atoms with Gasteiger partial charge in [0.2, 0.25) is 5.78 Å². The van der Waals surface area contributed by atoms with E-state index in [0.717, 1.165) is 25.9 Å². The van der Waals surface area contributed by atoms with E-state index < -0.39 is 52.0 Å². The number of Topliss-reactive ketones (excluding diaryl/α,β-unsaturated/α-hetero) is 2. The highest BCUT2D eigenvalue weighted by molar-refractivity contribution is 6.32. The summed E-state index contributed by atoms with van der Waals surface area (Å²) < 4.78 is 0. The molecule has 1 amide bonds. The van der Waals surface area contributed by atoms with Crippen molar-refractivity contribution in [2.24, 2.45) is 17.6 Å². The zero-order chi connectivity index (χ0) is 24.5. The van der Waals surface area contributed by atoms with E-state index in [0.29, 0.717) is 22.7 Å². The minimum atomic E-state index is -2.56. The van der Waals surface area contributed by atoms with Gasteiger partial charge in [0.1, 0.15) is 22.8 Å². The van der Waals surface area contributed by atoms with Crippen LogP contribution in [-0.4, -0.2) is 61.5 Å². The summed E-state index contributed by atoms with van der Waals surface area (Å²) in [7, 11) is 0. The summed E-state index contributed by atoms with van der Waals surface area (Å²) in [4.78, 5) is 39.8. The highest BCUT2D eigenvalue weighted by Gasteiger charge is 2.60. The van der Waals surface area contributed by atoms with Crippen molar-refractivity contribution in [1.82, 2.24) is 4.90 Å². The van der Waals surface area contributed by atoms with Gasteiger partial charge in [-0.2, -0.15) is 0 Å². The fraction of sp³-hybridized carbons (Fsp3) is 0.458. The lowest BCUT2D eigenvalue weighted by molar-refractivity contribution is -0.147. The maximum Gasteiger partial charge on any atom is 0.255 e. The van der Waals surface area contributed by atoms with Crippen molar-refractivity contribution in [2.75, 3.05) is 13.1 Å². The molecule has 6 N–H and O–H groups in total. The first-order chi connectivity index (χ1) is 16.1. The van der Waals surface area contributed by atoms with Crippen molar-refractivity contribution in [3.8, 4) is 5.75 Å². The number of nitrogens with zero attached hydrogens (tertiary/aromatic N) is 1. The average molecular weight is 489 g/mol. The molecule has 1 aromatic rings. The topological polar surface area (TPSA) is 161 Å². The van der Waals surface area contributed by atoms with Gasteiger partial charge in [-0.3, -0.25) is 19.3 Å². The molecule has 1 heterocycles. The van der Waals surface area contributed by atoms with Crippen molar-refractivity contribution in [2.45, 2.75) is 44.2 Å². The van der Waals surface area contributed by atoms with Gasteiger partial charge >= 0.3 is 0 Å². The lowest BCUT2D eigenvalue weighted by atomic mass is 9.59. The Hall–Kier alpha value is -2.88. The zero-order valence-electron chi connectivity index (χ0n) is 18.3. The van der Waals surface area contributed by atoms with E-state index in [1.165, 1.54) is 6.07 Å². The molecule has 5 rings (SSSR count). The second-order valence-corrected chi connectivity index (χ2v) is 9.99. The number of hydrogen-bond acceptors (Lipinski definition) is 8. The Morgan fingerprint density at radius 3 is 2.50 bits per heavy atom. The van der Waals surface area contributed by atoms with E-state index in [1.807, 2.05) is 0 Å². The predicted octanol–water partition coefficient (Wildman–Crippen LogP) is 1.67. The fourth-order valence-corrected chi connectivity index (χ4v) is 6.31. The number of aliphatic hydroxyl groups is 3. The van der Waals surface area contributed by atoms with Crippen LogP contribution < -0.4 is 5.73 Å². The molecule has 1 aromatic carbocycles. The third-order valence-electron chi connectivity index (χ3n) is 7.66. The first-order valence-electron chi connectivity index (χ1n) is 11.3. The minimum absolute atomic E-state index is 0.0160. The molecule has 0 spiro atoms. The lowest BCUT2D eigenvalue weighted by Crippen LogP contribution is -2.58. The van der Waals surface area contributed by atoms with Gasteiger partial charge in [0.25, 0.3) is 5.91 Å². The van der Waals surface area contributed by atoms with Crippen LogP contribution in [0.3, 0.4) is 0 Å². The lowest BCUT2D eigenvalue weighted by Gasteiger charge is -2.46. The van der Waals surface area contributed by atoms with E-state index in [4.69, 9.17) is 17.3 Å². The minimum Gasteiger partial charge on any atom is -0.508 e. The van der Waals surface area contributed by atoms with E-state index in [-0.39, 0.29) is 36.1 Å². The smallest absolute Gasteiger partial charge is 0.255 e. The van der Waals surface area contributed by atoms with Gasteiger partial charge in [-0.25, -0.2) is 0 Å². The van der Waals surface area contributed by atoms with Crippen molar-refractivity contribution in [3.63, 3.8) is 0 Å². The largest absolute Gasteiger partial charge is 0.508 e. The molecule has 4 aliphatic rings. The van der Waals surface area contributed by atoms with Gasteiger partial charge in [-0.05, 0) is 61.9 Å². The molecule has 3 aliphatic carbocycles. The summed E-state index contributed by atoms with van der Waals surface area (Å²) >= 11 is 6.72. The van der Waals surface area contributed by atoms with E-state index in [9.17, 15) is 34.8 Å². The van der Waals surface area contributed by atoms with Crippen LogP contribution >= 0.6 is 11.6 Å². The van der Waals surface area contributed by atoms with Crippen LogP contribution in [-0.2, 0) is 27.3 Å². The molecule has 1 saturated heterocycles. The van der Waals surface area contributed by atoms with Crippen molar-refractivity contribution >= 4 is 34.8 Å². The first-order valence-corrected chi connectivity index (χ1v) is 11.7. The van der Waals surface area contributed by atoms with Crippen LogP contribution in [0.4, 0.5) is 0 Å². The summed E-state index contributed by atoms with van der Waals surface area (Å²) in [6, 6.07) is 1.48. The number of benzene rings is 1. The number of hydrogen-bond donors (Lipinski definition) is 5. The molecule has 0 radical (unpaired) electrons. The average Bonchev–Trinajstić information content (AvgIpc) is 3.27. The van der Waals surface area contributed by atoms with E-state index in [1.54, 1.807) is 0 Å². The van der Waals surface area contributed by atoms with Crippen LogP contribution in [0.15, 0.2) is 23.0 Å². The number of halogens is 1. The van der Waals surface area contributed by atoms with Crippen LogP contribution in [0.2, 0.25) is 5.02 Å². The van der Waals surface area contributed by atoms with E-state index >= 15 is 0 Å². The number of aromatic hydroxyl groups is 1. The predicted molar refractivity (Wildman–Crippen MR) is 121 cm³/mol. The summed E-state index contributed by atoms with van der Waals surface area (Å²) in [6.07, 6.45) is 2.11. The highest BCUT2D eigenvalue weighted by atomic mass is 35.5. The summed E-state index contributed by atoms with van der Waals surface area (Å²) in [5.41, 5.74) is 2.88. The van der Waals surface area contributed by atoms with Gasteiger partial charge in [0.05, 0.1) is 5.56 Å². The third kappa shape index (κ3) is 3.10. The Morgan fingerprint density at radius 2 is 1.85 bits per heavy atom. The molecule has 3 atom stereocenters. The molecule has 1 saturated carbocycles. The van der Waals surface area contributed by atoms with Crippen molar-refractivity contribution in [1.29, 1.82) is 0 Å². The molecule has 180 valence electrons. The maximum absolute atomic E-state index is 13.5. The van der Waals surface area contributed by atoms with Crippen LogP contribution in [0, 0.1) is 11.8 Å². The summed E-state index contributed by atoms with van der Waals surface area (Å²) in [5, 5.41) is 44.1. The quantitative estimate of drug-likeness (QED) is 0.401. The summed E-state index contributed by atoms with van der Waals surface area (Å²) in [5.74, 6) is -6.46. The molecule has 34 heavy (non-hydrogen) atoms. The summed E-state index contributed by atoms with van der Waals surface area (Å²) in [6.45, 7) is 2.41. The molecule has 9 nitrogen and oxygen atoms in total. The fourth-order valence-electron chi connectivity index (χ4n) is 6.02. The number of phenols is 1. The Morgan fingerprint density at radius 1 is 1.18 bits per heavy atom. The standard InChI is InChI=1S/C24H25ClN2O7/c25-19-11(9-27-3-1-2-4-27)7-14(28)17-13(19)6-10-5-12-8-15(29)18(23(26)33)22(32)24(12,34)21(31)16(10)20(17)30/h7,10,12,28,30,32,34H,1-6,8-9H2,(H2,26,33)/t10-,12+,24+/m1/s1. The van der Waals surface area contributed by atoms with Crippen LogP contribution in [0.5, 0.6) is 5.75 Å². The molecule has 1 aliphatic heterocycles. The molecule has 10 heteroatoms. The Bertz CT molecular complexity index is 1210. The van der Waals surface area contributed by atoms with Crippen molar-refractivity contribution < 1.29 is 34.8 Å². The van der Waals surface area contributed by atoms with Gasteiger partial charge < -0.3 is 26.2 Å². The normalized spacial score (nSPS) is 29.2. The van der Waals surface area contributed by atoms with Crippen LogP contribution in [0.25, 0.3) is 5.76 Å². The number of fused-ring (bicyclic) bond motifs is 3. The molecule has 0 aromatic heterocycles. The maximum atomic E-state index is 13.5. The van der Waals surface area contributed by atoms with Gasteiger partial charge in [-0.15, -0.1) is 0 Å². The number of carbonyl (C=O) groups is 3. The Kier molecular flexibility index (Phi) is 5.27. The van der Waals surface area contributed by atoms with Gasteiger partial charge in [0.15, 0.2) is 11.4 Å². The number of primary amides is 1. The van der Waals surface area contributed by atoms with Crippen molar-refractivity contribution in [3.05, 3.63) is 44.7 Å². The number of phenolic OH excluding ortho intramolecular Hbond substituents is 1. The number of amides is 1.